The fourth-order valence-electron chi connectivity index (χ4n) is 2.78. The van der Waals surface area contributed by atoms with Crippen LogP contribution in [0.5, 0.6) is 5.75 Å². The lowest BCUT2D eigenvalue weighted by Crippen LogP contribution is -2.18. The van der Waals surface area contributed by atoms with Crippen molar-refractivity contribution in [1.29, 1.82) is 0 Å². The molecule has 0 radical (unpaired) electrons. The highest BCUT2D eigenvalue weighted by Gasteiger charge is 2.12. The monoisotopic (exact) mass is 325 g/mol. The number of benzene rings is 1. The first-order valence-electron chi connectivity index (χ1n) is 7.99. The SMILES string of the molecule is COc1ccc(-c2cc(CNC(C)c3cn(C)nc3C)[nH]n2)cc1. The smallest absolute Gasteiger partial charge is 0.118 e. The van der Waals surface area contributed by atoms with Crippen LogP contribution >= 0.6 is 0 Å². The van der Waals surface area contributed by atoms with Crippen molar-refractivity contribution in [3.63, 3.8) is 0 Å². The third-order valence-corrected chi connectivity index (χ3v) is 4.13. The summed E-state index contributed by atoms with van der Waals surface area (Å²) in [7, 11) is 3.61. The Kier molecular flexibility index (Phi) is 4.66. The van der Waals surface area contributed by atoms with E-state index < -0.39 is 0 Å². The molecule has 3 aromatic rings. The first kappa shape index (κ1) is 16.3. The quantitative estimate of drug-likeness (QED) is 0.731. The Balaban J connectivity index is 1.64. The van der Waals surface area contributed by atoms with Crippen molar-refractivity contribution in [3.8, 4) is 17.0 Å². The molecule has 0 fully saturated rings. The predicted molar refractivity (Wildman–Crippen MR) is 93.8 cm³/mol. The fraction of sp³-hybridized carbons (Fsp3) is 0.333. The van der Waals surface area contributed by atoms with Gasteiger partial charge in [-0.05, 0) is 44.2 Å². The number of hydrogen-bond acceptors (Lipinski definition) is 4. The minimum Gasteiger partial charge on any atom is -0.497 e. The van der Waals surface area contributed by atoms with Gasteiger partial charge in [0.2, 0.25) is 0 Å². The molecule has 2 aromatic heterocycles. The number of nitrogens with one attached hydrogen (secondary N) is 2. The topological polar surface area (TPSA) is 67.8 Å². The second-order valence-corrected chi connectivity index (χ2v) is 5.95. The van der Waals surface area contributed by atoms with Crippen molar-refractivity contribution in [3.05, 3.63) is 53.5 Å². The summed E-state index contributed by atoms with van der Waals surface area (Å²) in [6, 6.07) is 10.2. The highest BCUT2D eigenvalue weighted by atomic mass is 16.5. The number of aromatic amines is 1. The van der Waals surface area contributed by atoms with Crippen LogP contribution in [0.4, 0.5) is 0 Å². The highest BCUT2D eigenvalue weighted by Crippen LogP contribution is 2.21. The van der Waals surface area contributed by atoms with E-state index >= 15 is 0 Å². The van der Waals surface area contributed by atoms with E-state index in [0.29, 0.717) is 0 Å². The fourth-order valence-corrected chi connectivity index (χ4v) is 2.78. The molecule has 0 aliphatic heterocycles. The van der Waals surface area contributed by atoms with Crippen molar-refractivity contribution in [2.75, 3.05) is 7.11 Å². The third kappa shape index (κ3) is 3.49. The highest BCUT2D eigenvalue weighted by molar-refractivity contribution is 5.60. The molecule has 2 N–H and O–H groups in total. The molecule has 3 rings (SSSR count). The van der Waals surface area contributed by atoms with Crippen LogP contribution in [0.25, 0.3) is 11.3 Å². The van der Waals surface area contributed by atoms with Gasteiger partial charge in [0, 0.05) is 42.7 Å². The average molecular weight is 325 g/mol. The maximum atomic E-state index is 5.18. The lowest BCUT2D eigenvalue weighted by Gasteiger charge is -2.11. The molecule has 6 nitrogen and oxygen atoms in total. The van der Waals surface area contributed by atoms with Gasteiger partial charge in [-0.3, -0.25) is 9.78 Å². The molecule has 0 saturated carbocycles. The molecule has 0 amide bonds. The molecule has 0 spiro atoms. The summed E-state index contributed by atoms with van der Waals surface area (Å²) in [5.74, 6) is 0.844. The van der Waals surface area contributed by atoms with Gasteiger partial charge in [0.1, 0.15) is 5.75 Å². The van der Waals surface area contributed by atoms with E-state index in [1.807, 2.05) is 42.9 Å². The molecule has 0 saturated heterocycles. The van der Waals surface area contributed by atoms with Gasteiger partial charge in [0.15, 0.2) is 0 Å². The first-order chi connectivity index (χ1) is 11.6. The Hall–Kier alpha value is -2.60. The molecule has 0 aliphatic rings. The minimum absolute atomic E-state index is 0.228. The number of hydrogen-bond donors (Lipinski definition) is 2. The second kappa shape index (κ2) is 6.88. The van der Waals surface area contributed by atoms with Gasteiger partial charge in [0.25, 0.3) is 0 Å². The molecular formula is C18H23N5O. The number of aryl methyl sites for hydroxylation is 2. The molecule has 0 aliphatic carbocycles. The summed E-state index contributed by atoms with van der Waals surface area (Å²) in [5, 5.41) is 15.4. The molecule has 6 heteroatoms. The molecule has 2 heterocycles. The number of methoxy groups -OCH3 is 1. The van der Waals surface area contributed by atoms with E-state index in [9.17, 15) is 0 Å². The van der Waals surface area contributed by atoms with Crippen LogP contribution in [-0.4, -0.2) is 27.1 Å². The zero-order valence-corrected chi connectivity index (χ0v) is 14.5. The average Bonchev–Trinajstić information content (AvgIpc) is 3.19. The standard InChI is InChI=1S/C18H23N5O/c1-12(17-11-23(3)22-13(17)2)19-10-15-9-18(21-20-15)14-5-7-16(24-4)8-6-14/h5-9,11-12,19H,10H2,1-4H3,(H,20,21). The van der Waals surface area contributed by atoms with Crippen LogP contribution in [0.1, 0.15) is 29.9 Å². The van der Waals surface area contributed by atoms with Crippen LogP contribution in [0.2, 0.25) is 0 Å². The zero-order valence-electron chi connectivity index (χ0n) is 14.5. The lowest BCUT2D eigenvalue weighted by molar-refractivity contribution is 0.415. The molecule has 126 valence electrons. The number of rotatable bonds is 6. The lowest BCUT2D eigenvalue weighted by atomic mass is 10.1. The van der Waals surface area contributed by atoms with Crippen molar-refractivity contribution in [2.45, 2.75) is 26.4 Å². The third-order valence-electron chi connectivity index (χ3n) is 4.13. The van der Waals surface area contributed by atoms with Crippen LogP contribution < -0.4 is 10.1 Å². The summed E-state index contributed by atoms with van der Waals surface area (Å²) < 4.78 is 7.03. The van der Waals surface area contributed by atoms with Crippen LogP contribution in [-0.2, 0) is 13.6 Å². The molecule has 1 unspecified atom stereocenters. The largest absolute Gasteiger partial charge is 0.497 e. The van der Waals surface area contributed by atoms with Gasteiger partial charge in [-0.1, -0.05) is 0 Å². The summed E-state index contributed by atoms with van der Waals surface area (Å²) in [4.78, 5) is 0. The summed E-state index contributed by atoms with van der Waals surface area (Å²) in [6.45, 7) is 4.90. The summed E-state index contributed by atoms with van der Waals surface area (Å²) in [5.41, 5.74) is 5.32. The predicted octanol–water partition coefficient (Wildman–Crippen LogP) is 2.98. The van der Waals surface area contributed by atoms with E-state index in [4.69, 9.17) is 4.74 Å². The Morgan fingerprint density at radius 1 is 1.29 bits per heavy atom. The van der Waals surface area contributed by atoms with Gasteiger partial charge in [0.05, 0.1) is 18.5 Å². The second-order valence-electron chi connectivity index (χ2n) is 5.95. The van der Waals surface area contributed by atoms with E-state index in [0.717, 1.165) is 34.9 Å². The van der Waals surface area contributed by atoms with E-state index in [1.54, 1.807) is 7.11 Å². The molecule has 1 aromatic carbocycles. The van der Waals surface area contributed by atoms with Crippen molar-refractivity contribution in [2.24, 2.45) is 7.05 Å². The normalized spacial score (nSPS) is 12.3. The summed E-state index contributed by atoms with van der Waals surface area (Å²) in [6.07, 6.45) is 2.06. The number of aromatic nitrogens is 4. The molecular weight excluding hydrogens is 302 g/mol. The molecule has 24 heavy (non-hydrogen) atoms. The number of nitrogens with zero attached hydrogens (tertiary/aromatic N) is 3. The number of ether oxygens (including phenoxy) is 1. The van der Waals surface area contributed by atoms with Crippen LogP contribution in [0.15, 0.2) is 36.5 Å². The van der Waals surface area contributed by atoms with Crippen molar-refractivity contribution in [1.82, 2.24) is 25.3 Å². The first-order valence-corrected chi connectivity index (χ1v) is 7.99. The maximum Gasteiger partial charge on any atom is 0.118 e. The molecule has 0 bridgehead atoms. The Morgan fingerprint density at radius 2 is 2.04 bits per heavy atom. The van der Waals surface area contributed by atoms with E-state index in [1.165, 1.54) is 5.56 Å². The Labute approximate surface area is 141 Å². The minimum atomic E-state index is 0.228. The summed E-state index contributed by atoms with van der Waals surface area (Å²) >= 11 is 0. The van der Waals surface area contributed by atoms with E-state index in [2.05, 4.69) is 39.8 Å². The van der Waals surface area contributed by atoms with Gasteiger partial charge in [-0.15, -0.1) is 0 Å². The van der Waals surface area contributed by atoms with Crippen molar-refractivity contribution >= 4 is 0 Å². The molecule has 1 atom stereocenters. The Bertz CT molecular complexity index is 803. The van der Waals surface area contributed by atoms with Crippen LogP contribution in [0.3, 0.4) is 0 Å². The van der Waals surface area contributed by atoms with E-state index in [-0.39, 0.29) is 6.04 Å². The van der Waals surface area contributed by atoms with Crippen molar-refractivity contribution < 1.29 is 4.74 Å². The van der Waals surface area contributed by atoms with Gasteiger partial charge in [-0.2, -0.15) is 10.2 Å². The van der Waals surface area contributed by atoms with Crippen LogP contribution in [0, 0.1) is 6.92 Å². The zero-order chi connectivity index (χ0) is 17.1. The van der Waals surface area contributed by atoms with Gasteiger partial charge in [-0.25, -0.2) is 0 Å². The Morgan fingerprint density at radius 3 is 2.67 bits per heavy atom. The van der Waals surface area contributed by atoms with Gasteiger partial charge < -0.3 is 10.1 Å². The number of H-pyrrole nitrogens is 1. The maximum absolute atomic E-state index is 5.18. The van der Waals surface area contributed by atoms with Gasteiger partial charge >= 0.3 is 0 Å².